The van der Waals surface area contributed by atoms with Crippen LogP contribution in [-0.2, 0) is 25.7 Å². The molecule has 0 saturated heterocycles. The SMILES string of the molecule is CCOc1cc([C@H]2C(C(=O)OC)=C(N)OC3=C2C(=O)CCC3)ccc1OCc1ccc(F)cc1. The van der Waals surface area contributed by atoms with Crippen LogP contribution >= 0.6 is 0 Å². The van der Waals surface area contributed by atoms with Gasteiger partial charge in [0.1, 0.15) is 23.8 Å². The first kappa shape index (κ1) is 23.4. The standard InChI is InChI=1S/C26H26FNO6/c1-3-32-21-13-16(9-12-19(21)33-14-15-7-10-17(27)11-8-15)22-23-18(29)5-4-6-20(23)34-25(28)24(22)26(30)31-2/h7-13,22H,3-6,14,28H2,1-2H3/t22-/m1/s1. The minimum atomic E-state index is -0.741. The van der Waals surface area contributed by atoms with Crippen LogP contribution in [0.5, 0.6) is 11.5 Å². The number of Topliss-reactive ketones (excluding diaryl/α,β-unsaturated/α-hetero) is 1. The summed E-state index contributed by atoms with van der Waals surface area (Å²) in [5, 5.41) is 0. The van der Waals surface area contributed by atoms with Crippen LogP contribution in [0.25, 0.3) is 0 Å². The summed E-state index contributed by atoms with van der Waals surface area (Å²) in [4.78, 5) is 25.5. The molecule has 2 aromatic rings. The summed E-state index contributed by atoms with van der Waals surface area (Å²) in [7, 11) is 1.25. The second kappa shape index (κ2) is 9.99. The van der Waals surface area contributed by atoms with Crippen molar-refractivity contribution >= 4 is 11.8 Å². The van der Waals surface area contributed by atoms with Gasteiger partial charge in [-0.1, -0.05) is 18.2 Å². The molecular weight excluding hydrogens is 441 g/mol. The molecular formula is C26H26FNO6. The Labute approximate surface area is 196 Å². The van der Waals surface area contributed by atoms with Crippen molar-refractivity contribution in [2.45, 2.75) is 38.7 Å². The molecule has 1 aliphatic heterocycles. The molecule has 2 N–H and O–H groups in total. The Bertz CT molecular complexity index is 1170. The number of hydrogen-bond acceptors (Lipinski definition) is 7. The number of rotatable bonds is 7. The minimum absolute atomic E-state index is 0.0695. The van der Waals surface area contributed by atoms with E-state index >= 15 is 0 Å². The summed E-state index contributed by atoms with van der Waals surface area (Å²) >= 11 is 0. The third-order valence-electron chi connectivity index (χ3n) is 5.80. The van der Waals surface area contributed by atoms with E-state index in [1.165, 1.54) is 19.2 Å². The Morgan fingerprint density at radius 1 is 1.12 bits per heavy atom. The van der Waals surface area contributed by atoms with Crippen LogP contribution in [-0.4, -0.2) is 25.5 Å². The molecule has 0 unspecified atom stereocenters. The zero-order valence-electron chi connectivity index (χ0n) is 19.1. The fourth-order valence-electron chi connectivity index (χ4n) is 4.23. The van der Waals surface area contributed by atoms with Gasteiger partial charge >= 0.3 is 5.97 Å². The zero-order valence-corrected chi connectivity index (χ0v) is 19.1. The first-order valence-electron chi connectivity index (χ1n) is 11.1. The van der Waals surface area contributed by atoms with Crippen molar-refractivity contribution in [3.8, 4) is 11.5 Å². The normalized spacial score (nSPS) is 17.7. The molecule has 0 amide bonds. The van der Waals surface area contributed by atoms with Crippen LogP contribution in [0.3, 0.4) is 0 Å². The molecule has 0 saturated carbocycles. The Morgan fingerprint density at radius 3 is 2.59 bits per heavy atom. The van der Waals surface area contributed by atoms with Gasteiger partial charge < -0.3 is 24.7 Å². The second-order valence-corrected chi connectivity index (χ2v) is 7.97. The van der Waals surface area contributed by atoms with E-state index < -0.39 is 11.9 Å². The number of allylic oxidation sites excluding steroid dienone is 2. The van der Waals surface area contributed by atoms with Gasteiger partial charge in [-0.2, -0.15) is 0 Å². The smallest absolute Gasteiger partial charge is 0.340 e. The highest BCUT2D eigenvalue weighted by molar-refractivity contribution is 6.03. The molecule has 0 fully saturated rings. The summed E-state index contributed by atoms with van der Waals surface area (Å²) in [6, 6.07) is 11.2. The molecule has 34 heavy (non-hydrogen) atoms. The van der Waals surface area contributed by atoms with Crippen molar-refractivity contribution in [3.05, 3.63) is 82.2 Å². The predicted octanol–water partition coefficient (Wildman–Crippen LogP) is 4.27. The highest BCUT2D eigenvalue weighted by Gasteiger charge is 2.41. The lowest BCUT2D eigenvalue weighted by Crippen LogP contribution is -2.31. The van der Waals surface area contributed by atoms with Crippen LogP contribution < -0.4 is 15.2 Å². The number of ketones is 1. The maximum Gasteiger partial charge on any atom is 0.340 e. The van der Waals surface area contributed by atoms with Gasteiger partial charge in [-0.05, 0) is 48.7 Å². The number of carbonyl (C=O) groups is 2. The van der Waals surface area contributed by atoms with E-state index in [9.17, 15) is 14.0 Å². The van der Waals surface area contributed by atoms with Crippen LogP contribution in [0.1, 0.15) is 43.2 Å². The third kappa shape index (κ3) is 4.62. The lowest BCUT2D eigenvalue weighted by atomic mass is 9.77. The van der Waals surface area contributed by atoms with E-state index in [4.69, 9.17) is 24.7 Å². The Morgan fingerprint density at radius 2 is 1.88 bits per heavy atom. The first-order chi connectivity index (χ1) is 16.4. The van der Waals surface area contributed by atoms with Gasteiger partial charge in [-0.15, -0.1) is 0 Å². The third-order valence-corrected chi connectivity index (χ3v) is 5.80. The number of methoxy groups -OCH3 is 1. The maximum absolute atomic E-state index is 13.2. The number of hydrogen-bond donors (Lipinski definition) is 1. The molecule has 0 aromatic heterocycles. The van der Waals surface area contributed by atoms with Crippen LogP contribution in [0.4, 0.5) is 4.39 Å². The van der Waals surface area contributed by atoms with Crippen molar-refractivity contribution < 1.29 is 32.9 Å². The molecule has 1 aliphatic carbocycles. The highest BCUT2D eigenvalue weighted by atomic mass is 19.1. The number of carbonyl (C=O) groups excluding carboxylic acids is 2. The number of benzene rings is 2. The lowest BCUT2D eigenvalue weighted by molar-refractivity contribution is -0.136. The zero-order chi connectivity index (χ0) is 24.2. The lowest BCUT2D eigenvalue weighted by Gasteiger charge is -2.32. The molecule has 2 aliphatic rings. The van der Waals surface area contributed by atoms with Gasteiger partial charge in [-0.3, -0.25) is 4.79 Å². The monoisotopic (exact) mass is 467 g/mol. The molecule has 8 heteroatoms. The minimum Gasteiger partial charge on any atom is -0.490 e. The summed E-state index contributed by atoms with van der Waals surface area (Å²) in [6.07, 6.45) is 1.58. The topological polar surface area (TPSA) is 97.1 Å². The Kier molecular flexibility index (Phi) is 6.86. The average Bonchev–Trinajstić information content (AvgIpc) is 2.83. The molecule has 4 rings (SSSR count). The van der Waals surface area contributed by atoms with Crippen molar-refractivity contribution in [1.29, 1.82) is 0 Å². The summed E-state index contributed by atoms with van der Waals surface area (Å²) < 4.78 is 35.5. The van der Waals surface area contributed by atoms with E-state index in [0.29, 0.717) is 54.3 Å². The van der Waals surface area contributed by atoms with Gasteiger partial charge in [0.2, 0.25) is 5.88 Å². The average molecular weight is 467 g/mol. The van der Waals surface area contributed by atoms with Crippen LogP contribution in [0.2, 0.25) is 0 Å². The quantitative estimate of drug-likeness (QED) is 0.608. The molecule has 0 radical (unpaired) electrons. The van der Waals surface area contributed by atoms with Crippen molar-refractivity contribution in [1.82, 2.24) is 0 Å². The Balaban J connectivity index is 1.72. The summed E-state index contributed by atoms with van der Waals surface area (Å²) in [6.45, 7) is 2.43. The van der Waals surface area contributed by atoms with Crippen LogP contribution in [0.15, 0.2) is 65.3 Å². The van der Waals surface area contributed by atoms with Gasteiger partial charge in [0.25, 0.3) is 0 Å². The maximum atomic E-state index is 13.2. The van der Waals surface area contributed by atoms with Crippen molar-refractivity contribution in [2.24, 2.45) is 5.73 Å². The van der Waals surface area contributed by atoms with Gasteiger partial charge in [0, 0.05) is 18.4 Å². The fourth-order valence-corrected chi connectivity index (χ4v) is 4.23. The largest absolute Gasteiger partial charge is 0.490 e. The van der Waals surface area contributed by atoms with Gasteiger partial charge in [0.15, 0.2) is 17.3 Å². The Hall–Kier alpha value is -3.81. The van der Waals surface area contributed by atoms with Gasteiger partial charge in [-0.25, -0.2) is 9.18 Å². The summed E-state index contributed by atoms with van der Waals surface area (Å²) in [5.74, 6) is -0.476. The molecule has 178 valence electrons. The highest BCUT2D eigenvalue weighted by Crippen LogP contribution is 2.45. The van der Waals surface area contributed by atoms with Crippen molar-refractivity contribution in [3.63, 3.8) is 0 Å². The number of ether oxygens (including phenoxy) is 4. The molecule has 7 nitrogen and oxygen atoms in total. The van der Waals surface area contributed by atoms with E-state index in [0.717, 1.165) is 5.56 Å². The second-order valence-electron chi connectivity index (χ2n) is 7.97. The molecule has 0 bridgehead atoms. The van der Waals surface area contributed by atoms with Crippen LogP contribution in [0, 0.1) is 5.82 Å². The molecule has 2 aromatic carbocycles. The fraction of sp³-hybridized carbons (Fsp3) is 0.308. The van der Waals surface area contributed by atoms with E-state index in [2.05, 4.69) is 0 Å². The van der Waals surface area contributed by atoms with Gasteiger partial charge in [0.05, 0.1) is 19.6 Å². The van der Waals surface area contributed by atoms with E-state index in [1.54, 1.807) is 30.3 Å². The molecule has 1 heterocycles. The number of esters is 1. The van der Waals surface area contributed by atoms with Crippen molar-refractivity contribution in [2.75, 3.05) is 13.7 Å². The van der Waals surface area contributed by atoms with E-state index in [1.807, 2.05) is 6.92 Å². The molecule has 1 atom stereocenters. The molecule has 0 spiro atoms. The number of halogens is 1. The summed E-state index contributed by atoms with van der Waals surface area (Å²) in [5.41, 5.74) is 8.04. The predicted molar refractivity (Wildman–Crippen MR) is 121 cm³/mol. The van der Waals surface area contributed by atoms with E-state index in [-0.39, 0.29) is 29.7 Å². The first-order valence-corrected chi connectivity index (χ1v) is 11.1. The number of nitrogens with two attached hydrogens (primary N) is 1.